The molecule has 0 aliphatic carbocycles. The summed E-state index contributed by atoms with van der Waals surface area (Å²) in [6.45, 7) is 0.342. The van der Waals surface area contributed by atoms with Crippen molar-refractivity contribution in [3.05, 3.63) is 70.5 Å². The number of benzene rings is 1. The summed E-state index contributed by atoms with van der Waals surface area (Å²) in [5.74, 6) is -1.51. The van der Waals surface area contributed by atoms with Crippen LogP contribution in [0.3, 0.4) is 0 Å². The highest BCUT2D eigenvalue weighted by molar-refractivity contribution is 8.06. The van der Waals surface area contributed by atoms with Crippen LogP contribution in [-0.2, 0) is 27.3 Å². The number of aliphatic carboxylic acids is 1. The smallest absolute Gasteiger partial charge is 0.353 e. The van der Waals surface area contributed by atoms with Crippen LogP contribution in [0.5, 0.6) is 0 Å². The Balaban J connectivity index is 1.49. The molecule has 2 aliphatic rings. The highest BCUT2D eigenvalue weighted by Crippen LogP contribution is 2.45. The van der Waals surface area contributed by atoms with Crippen LogP contribution in [0.15, 0.2) is 64.3 Å². The molecule has 3 heterocycles. The normalized spacial score (nSPS) is 19.2. The highest BCUT2D eigenvalue weighted by atomic mass is 32.2. The molecule has 2 atom stereocenters. The van der Waals surface area contributed by atoms with Crippen molar-refractivity contribution >= 4 is 58.6 Å². The highest BCUT2D eigenvalue weighted by Gasteiger charge is 2.54. The first-order valence-corrected chi connectivity index (χ1v) is 12.5. The van der Waals surface area contributed by atoms with Gasteiger partial charge >= 0.3 is 5.97 Å². The minimum Gasteiger partial charge on any atom is -0.477 e. The number of carbonyl (C=O) groups excluding carboxylic acids is 2. The van der Waals surface area contributed by atoms with E-state index in [4.69, 9.17) is 18.0 Å². The van der Waals surface area contributed by atoms with E-state index < -0.39 is 23.3 Å². The second kappa shape index (κ2) is 10.5. The van der Waals surface area contributed by atoms with Crippen LogP contribution >= 0.6 is 35.7 Å². The quantitative estimate of drug-likeness (QED) is 0.302. The summed E-state index contributed by atoms with van der Waals surface area (Å²) in [5, 5.41) is 15.2. The summed E-state index contributed by atoms with van der Waals surface area (Å²) in [6, 6.07) is 10.2. The molecule has 0 unspecified atom stereocenters. The molecule has 2 aromatic rings. The molecule has 9 nitrogen and oxygen atoms in total. The van der Waals surface area contributed by atoms with E-state index in [2.05, 4.69) is 15.6 Å². The maximum Gasteiger partial charge on any atom is 0.353 e. The number of thioether (sulfide) groups is 2. The molecular formula is C22H21N5O4S3. The number of thiocarbonyl (C=S) groups is 1. The van der Waals surface area contributed by atoms with Gasteiger partial charge in [-0.15, -0.1) is 11.8 Å². The number of nitrogens with zero attached hydrogens (tertiary/aromatic N) is 2. The summed E-state index contributed by atoms with van der Waals surface area (Å²) >= 11 is 7.55. The topological polar surface area (TPSA) is 138 Å². The fourth-order valence-electron chi connectivity index (χ4n) is 3.64. The van der Waals surface area contributed by atoms with Gasteiger partial charge in [-0.3, -0.25) is 19.5 Å². The van der Waals surface area contributed by atoms with Gasteiger partial charge in [0.15, 0.2) is 5.11 Å². The molecule has 2 amide bonds. The summed E-state index contributed by atoms with van der Waals surface area (Å²) in [6.07, 6.45) is 3.41. The number of rotatable bonds is 8. The lowest BCUT2D eigenvalue weighted by molar-refractivity contribution is -0.150. The van der Waals surface area contributed by atoms with E-state index in [0.29, 0.717) is 17.2 Å². The van der Waals surface area contributed by atoms with Gasteiger partial charge < -0.3 is 21.5 Å². The Kier molecular flexibility index (Phi) is 7.39. The summed E-state index contributed by atoms with van der Waals surface area (Å²) in [7, 11) is 0. The van der Waals surface area contributed by atoms with Gasteiger partial charge in [0.05, 0.1) is 6.42 Å². The van der Waals surface area contributed by atoms with Crippen LogP contribution in [0, 0.1) is 0 Å². The van der Waals surface area contributed by atoms with Gasteiger partial charge in [0.1, 0.15) is 17.1 Å². The largest absolute Gasteiger partial charge is 0.477 e. The molecule has 0 bridgehead atoms. The molecule has 1 fully saturated rings. The van der Waals surface area contributed by atoms with Crippen LogP contribution in [0.4, 0.5) is 0 Å². The third kappa shape index (κ3) is 5.18. The Labute approximate surface area is 209 Å². The molecule has 1 aromatic carbocycles. The number of hydrogen-bond acceptors (Lipinski definition) is 7. The third-order valence-electron chi connectivity index (χ3n) is 5.20. The van der Waals surface area contributed by atoms with Crippen molar-refractivity contribution in [3.8, 4) is 0 Å². The molecular weight excluding hydrogens is 494 g/mol. The van der Waals surface area contributed by atoms with Crippen LogP contribution in [-0.4, -0.2) is 55.1 Å². The van der Waals surface area contributed by atoms with E-state index in [0.717, 1.165) is 16.0 Å². The SMILES string of the molecule is NC(=S)NCc1cnccc1SC1=C(C(=O)O)N2C(=O)[C@@H](NC(=O)Cc3ccccc3)[C@H]2SC1. The van der Waals surface area contributed by atoms with Crippen molar-refractivity contribution < 1.29 is 19.5 Å². The van der Waals surface area contributed by atoms with E-state index in [-0.39, 0.29) is 23.1 Å². The number of hydrogen-bond donors (Lipinski definition) is 4. The van der Waals surface area contributed by atoms with Gasteiger partial charge in [0.2, 0.25) is 5.91 Å². The zero-order chi connectivity index (χ0) is 24.2. The molecule has 2 aliphatic heterocycles. The van der Waals surface area contributed by atoms with Gasteiger partial charge in [-0.25, -0.2) is 4.79 Å². The Morgan fingerprint density at radius 2 is 2.06 bits per heavy atom. The van der Waals surface area contributed by atoms with Gasteiger partial charge in [-0.2, -0.15) is 0 Å². The lowest BCUT2D eigenvalue weighted by Crippen LogP contribution is -2.70. The number of carbonyl (C=O) groups is 3. The molecule has 176 valence electrons. The average Bonchev–Trinajstić information content (AvgIpc) is 2.82. The maximum absolute atomic E-state index is 12.9. The predicted octanol–water partition coefficient (Wildman–Crippen LogP) is 1.45. The Bertz CT molecular complexity index is 1170. The van der Waals surface area contributed by atoms with E-state index >= 15 is 0 Å². The predicted molar refractivity (Wildman–Crippen MR) is 134 cm³/mol. The van der Waals surface area contributed by atoms with Crippen molar-refractivity contribution in [2.24, 2.45) is 5.73 Å². The summed E-state index contributed by atoms with van der Waals surface area (Å²) < 4.78 is 0. The molecule has 4 rings (SSSR count). The number of aromatic nitrogens is 1. The molecule has 5 N–H and O–H groups in total. The van der Waals surface area contributed by atoms with Gasteiger partial charge in [0.25, 0.3) is 5.91 Å². The first-order valence-electron chi connectivity index (χ1n) is 10.2. The van der Waals surface area contributed by atoms with Gasteiger partial charge in [-0.1, -0.05) is 42.1 Å². The van der Waals surface area contributed by atoms with E-state index in [9.17, 15) is 19.5 Å². The number of pyridine rings is 1. The van der Waals surface area contributed by atoms with Crippen molar-refractivity contribution in [1.29, 1.82) is 0 Å². The Hall–Kier alpha value is -3.09. The van der Waals surface area contributed by atoms with Crippen LogP contribution in [0.25, 0.3) is 0 Å². The van der Waals surface area contributed by atoms with Crippen molar-refractivity contribution in [3.63, 3.8) is 0 Å². The number of fused-ring (bicyclic) bond motifs is 1. The van der Waals surface area contributed by atoms with Crippen LogP contribution < -0.4 is 16.4 Å². The number of nitrogens with one attached hydrogen (secondary N) is 2. The van der Waals surface area contributed by atoms with Crippen LogP contribution in [0.2, 0.25) is 0 Å². The van der Waals surface area contributed by atoms with E-state index in [1.165, 1.54) is 28.4 Å². The lowest BCUT2D eigenvalue weighted by Gasteiger charge is -2.49. The fourth-order valence-corrected chi connectivity index (χ4v) is 6.28. The minimum absolute atomic E-state index is 0.0580. The van der Waals surface area contributed by atoms with Crippen LogP contribution in [0.1, 0.15) is 11.1 Å². The van der Waals surface area contributed by atoms with Crippen molar-refractivity contribution in [1.82, 2.24) is 20.5 Å². The molecule has 1 aromatic heterocycles. The lowest BCUT2D eigenvalue weighted by atomic mass is 10.0. The first kappa shape index (κ1) is 24.0. The Morgan fingerprint density at radius 3 is 2.76 bits per heavy atom. The zero-order valence-corrected chi connectivity index (χ0v) is 20.2. The minimum atomic E-state index is -1.19. The standard InChI is InChI=1S/C22H21N5O4S3/c23-22(32)25-10-13-9-24-7-6-14(13)34-15-11-33-20-17(19(29)27(20)18(15)21(30)31)26-16(28)8-12-4-2-1-3-5-12/h1-7,9,17,20H,8,10-11H2,(H,26,28)(H,30,31)(H3,23,25,32)/t17-,20-/m1/s1. The number of nitrogens with two attached hydrogens (primary N) is 1. The monoisotopic (exact) mass is 515 g/mol. The number of amides is 2. The Morgan fingerprint density at radius 1 is 1.29 bits per heavy atom. The van der Waals surface area contributed by atoms with Gasteiger partial charge in [-0.05, 0) is 23.8 Å². The van der Waals surface area contributed by atoms with Gasteiger partial charge in [0, 0.05) is 40.1 Å². The maximum atomic E-state index is 12.9. The number of carboxylic acids is 1. The molecule has 0 spiro atoms. The van der Waals surface area contributed by atoms with Crippen molar-refractivity contribution in [2.75, 3.05) is 5.75 Å². The summed E-state index contributed by atoms with van der Waals surface area (Å²) in [4.78, 5) is 44.2. The first-order chi connectivity index (χ1) is 16.3. The number of β-lactam (4-membered cyclic amide) rings is 1. The molecule has 34 heavy (non-hydrogen) atoms. The second-order valence-electron chi connectivity index (χ2n) is 7.50. The second-order valence-corrected chi connectivity index (χ2v) is 10.2. The molecule has 1 saturated heterocycles. The van der Waals surface area contributed by atoms with E-state index in [1.807, 2.05) is 30.3 Å². The van der Waals surface area contributed by atoms with E-state index in [1.54, 1.807) is 18.5 Å². The molecule has 12 heteroatoms. The zero-order valence-electron chi connectivity index (χ0n) is 17.8. The van der Waals surface area contributed by atoms with Crippen molar-refractivity contribution in [2.45, 2.75) is 29.3 Å². The fraction of sp³-hybridized carbons (Fsp3) is 0.227. The number of carboxylic acid groups (broad SMARTS) is 1. The molecule has 0 saturated carbocycles. The molecule has 0 radical (unpaired) electrons. The average molecular weight is 516 g/mol. The third-order valence-corrected chi connectivity index (χ3v) is 8.01. The summed E-state index contributed by atoms with van der Waals surface area (Å²) in [5.41, 5.74) is 7.09.